The van der Waals surface area contributed by atoms with Crippen LogP contribution in [0.5, 0.6) is 0 Å². The van der Waals surface area contributed by atoms with Crippen LogP contribution in [0.2, 0.25) is 15.2 Å². The van der Waals surface area contributed by atoms with Crippen LogP contribution >= 0.6 is 46.6 Å². The van der Waals surface area contributed by atoms with Crippen molar-refractivity contribution in [3.63, 3.8) is 0 Å². The molecule has 0 amide bonds. The topological polar surface area (TPSA) is 25.8 Å². The lowest BCUT2D eigenvalue weighted by molar-refractivity contribution is 1.07. The fraction of sp³-hybridized carbons (Fsp3) is 0.167. The zero-order valence-electron chi connectivity index (χ0n) is 9.08. The molecule has 0 radical (unpaired) electrons. The van der Waals surface area contributed by atoms with Crippen LogP contribution in [0.25, 0.3) is 11.4 Å². The highest BCUT2D eigenvalue weighted by Crippen LogP contribution is 2.35. The van der Waals surface area contributed by atoms with Crippen molar-refractivity contribution in [3.8, 4) is 11.4 Å². The zero-order chi connectivity index (χ0) is 12.7. The molecule has 0 bridgehead atoms. The number of halogens is 3. The summed E-state index contributed by atoms with van der Waals surface area (Å²) in [6, 6.07) is 5.25. The smallest absolute Gasteiger partial charge is 0.162 e. The van der Waals surface area contributed by atoms with Crippen molar-refractivity contribution in [3.05, 3.63) is 44.7 Å². The van der Waals surface area contributed by atoms with Crippen molar-refractivity contribution < 1.29 is 0 Å². The van der Waals surface area contributed by atoms with Gasteiger partial charge < -0.3 is 0 Å². The van der Waals surface area contributed by atoms with E-state index in [0.29, 0.717) is 21.0 Å². The quantitative estimate of drug-likeness (QED) is 0.703. The van der Waals surface area contributed by atoms with Gasteiger partial charge in [-0.25, -0.2) is 9.97 Å². The average molecular weight is 318 g/mol. The van der Waals surface area contributed by atoms with Gasteiger partial charge in [0.05, 0.1) is 10.7 Å². The minimum Gasteiger partial charge on any atom is -0.232 e. The molecule has 0 unspecified atom stereocenters. The molecule has 1 aromatic carbocycles. The number of thioether (sulfide) groups is 1. The first-order valence-electron chi connectivity index (χ1n) is 5.23. The Hall–Kier alpha value is -0.480. The molecule has 0 fully saturated rings. The van der Waals surface area contributed by atoms with E-state index >= 15 is 0 Å². The van der Waals surface area contributed by atoms with Crippen molar-refractivity contribution in [2.75, 3.05) is 0 Å². The van der Waals surface area contributed by atoms with E-state index < -0.39 is 0 Å². The van der Waals surface area contributed by atoms with Gasteiger partial charge in [-0.2, -0.15) is 11.8 Å². The molecule has 2 aromatic rings. The van der Waals surface area contributed by atoms with E-state index in [9.17, 15) is 0 Å². The molecule has 0 aliphatic carbocycles. The lowest BCUT2D eigenvalue weighted by Crippen LogP contribution is -1.97. The first-order valence-corrected chi connectivity index (χ1v) is 7.52. The van der Waals surface area contributed by atoms with Crippen LogP contribution in [-0.2, 0) is 11.5 Å². The van der Waals surface area contributed by atoms with Gasteiger partial charge in [-0.3, -0.25) is 0 Å². The van der Waals surface area contributed by atoms with Gasteiger partial charge in [-0.1, -0.05) is 34.8 Å². The maximum Gasteiger partial charge on any atom is 0.162 e. The third-order valence-electron chi connectivity index (χ3n) is 2.70. The summed E-state index contributed by atoms with van der Waals surface area (Å²) < 4.78 is 0. The predicted molar refractivity (Wildman–Crippen MR) is 77.5 cm³/mol. The molecule has 2 nitrogen and oxygen atoms in total. The maximum atomic E-state index is 6.17. The van der Waals surface area contributed by atoms with E-state index in [-0.39, 0.29) is 0 Å². The largest absolute Gasteiger partial charge is 0.232 e. The van der Waals surface area contributed by atoms with E-state index in [0.717, 1.165) is 28.3 Å². The summed E-state index contributed by atoms with van der Waals surface area (Å²) in [7, 11) is 0. The Bertz CT molecular complexity index is 631. The van der Waals surface area contributed by atoms with Crippen LogP contribution in [0.4, 0.5) is 0 Å². The second-order valence-corrected chi connectivity index (χ2v) is 6.07. The van der Waals surface area contributed by atoms with Crippen LogP contribution in [0, 0.1) is 0 Å². The number of fused-ring (bicyclic) bond motifs is 1. The maximum absolute atomic E-state index is 6.17. The molecular formula is C12H7Cl3N2S. The van der Waals surface area contributed by atoms with E-state index in [1.165, 1.54) is 0 Å². The molecule has 92 valence electrons. The Morgan fingerprint density at radius 1 is 1.06 bits per heavy atom. The fourth-order valence-corrected chi connectivity index (χ4v) is 3.67. The zero-order valence-corrected chi connectivity index (χ0v) is 12.2. The van der Waals surface area contributed by atoms with Gasteiger partial charge in [0.25, 0.3) is 0 Å². The van der Waals surface area contributed by atoms with Gasteiger partial charge in [0.2, 0.25) is 0 Å². The van der Waals surface area contributed by atoms with Gasteiger partial charge in [0.1, 0.15) is 5.15 Å². The third-order valence-corrected chi connectivity index (χ3v) is 4.53. The Morgan fingerprint density at radius 3 is 2.67 bits per heavy atom. The second-order valence-electron chi connectivity index (χ2n) is 3.88. The van der Waals surface area contributed by atoms with Crippen LogP contribution in [0.1, 0.15) is 11.3 Å². The van der Waals surface area contributed by atoms with Crippen molar-refractivity contribution in [1.82, 2.24) is 9.97 Å². The third kappa shape index (κ3) is 2.21. The molecule has 2 heterocycles. The monoisotopic (exact) mass is 316 g/mol. The lowest BCUT2D eigenvalue weighted by Gasteiger charge is -2.07. The number of hydrogen-bond acceptors (Lipinski definition) is 3. The minimum absolute atomic E-state index is 0.519. The second kappa shape index (κ2) is 4.89. The minimum atomic E-state index is 0.519. The Balaban J connectivity index is 2.15. The SMILES string of the molecule is Clc1ccc(-c2nc(Cl)c3c(n2)CSC3)c(Cl)c1. The Morgan fingerprint density at radius 2 is 1.89 bits per heavy atom. The highest BCUT2D eigenvalue weighted by molar-refractivity contribution is 7.98. The molecule has 0 saturated carbocycles. The van der Waals surface area contributed by atoms with Gasteiger partial charge in [0.15, 0.2) is 5.82 Å². The Kier molecular flexibility index (Phi) is 3.41. The van der Waals surface area contributed by atoms with Crippen molar-refractivity contribution >= 4 is 46.6 Å². The summed E-state index contributed by atoms with van der Waals surface area (Å²) in [4.78, 5) is 8.85. The summed E-state index contributed by atoms with van der Waals surface area (Å²) in [6.07, 6.45) is 0. The van der Waals surface area contributed by atoms with Gasteiger partial charge >= 0.3 is 0 Å². The number of aromatic nitrogens is 2. The van der Waals surface area contributed by atoms with Gasteiger partial charge in [-0.05, 0) is 18.2 Å². The molecule has 0 atom stereocenters. The first-order chi connectivity index (χ1) is 8.65. The van der Waals surface area contributed by atoms with Gasteiger partial charge in [0, 0.05) is 27.7 Å². The van der Waals surface area contributed by atoms with E-state index in [4.69, 9.17) is 34.8 Å². The highest BCUT2D eigenvalue weighted by Gasteiger charge is 2.20. The molecule has 3 rings (SSSR count). The van der Waals surface area contributed by atoms with Crippen molar-refractivity contribution in [2.45, 2.75) is 11.5 Å². The average Bonchev–Trinajstić information content (AvgIpc) is 2.77. The molecule has 0 N–H and O–H groups in total. The molecule has 6 heteroatoms. The fourth-order valence-electron chi connectivity index (χ4n) is 1.80. The molecule has 1 aromatic heterocycles. The lowest BCUT2D eigenvalue weighted by atomic mass is 10.2. The van der Waals surface area contributed by atoms with Crippen molar-refractivity contribution in [1.29, 1.82) is 0 Å². The predicted octanol–water partition coefficient (Wildman–Crippen LogP) is 4.85. The summed E-state index contributed by atoms with van der Waals surface area (Å²) in [5.41, 5.74) is 2.79. The van der Waals surface area contributed by atoms with E-state index in [1.54, 1.807) is 23.9 Å². The number of hydrogen-bond donors (Lipinski definition) is 0. The molecular weight excluding hydrogens is 311 g/mol. The van der Waals surface area contributed by atoms with Crippen LogP contribution in [-0.4, -0.2) is 9.97 Å². The highest BCUT2D eigenvalue weighted by atomic mass is 35.5. The Labute approximate surface area is 124 Å². The normalized spacial score (nSPS) is 13.7. The molecule has 1 aliphatic heterocycles. The summed E-state index contributed by atoms with van der Waals surface area (Å²) >= 11 is 20.0. The molecule has 18 heavy (non-hydrogen) atoms. The summed E-state index contributed by atoms with van der Waals surface area (Å²) in [5, 5.41) is 1.64. The first kappa shape index (κ1) is 12.5. The number of nitrogens with zero attached hydrogens (tertiary/aromatic N) is 2. The summed E-state index contributed by atoms with van der Waals surface area (Å²) in [6.45, 7) is 0. The number of rotatable bonds is 1. The molecule has 0 spiro atoms. The number of benzene rings is 1. The molecule has 1 aliphatic rings. The summed E-state index contributed by atoms with van der Waals surface area (Å²) in [5.74, 6) is 2.31. The standard InChI is InChI=1S/C12H7Cl3N2S/c13-6-1-2-7(9(14)3-6)12-16-10-5-18-4-8(10)11(15)17-12/h1-3H,4-5H2. The molecule has 0 saturated heterocycles. The van der Waals surface area contributed by atoms with Crippen LogP contribution in [0.3, 0.4) is 0 Å². The van der Waals surface area contributed by atoms with Crippen LogP contribution in [0.15, 0.2) is 18.2 Å². The van der Waals surface area contributed by atoms with Crippen molar-refractivity contribution in [2.24, 2.45) is 0 Å². The van der Waals surface area contributed by atoms with Gasteiger partial charge in [-0.15, -0.1) is 0 Å². The van der Waals surface area contributed by atoms with E-state index in [1.807, 2.05) is 6.07 Å². The van der Waals surface area contributed by atoms with E-state index in [2.05, 4.69) is 9.97 Å². The van der Waals surface area contributed by atoms with Crippen LogP contribution < -0.4 is 0 Å².